The summed E-state index contributed by atoms with van der Waals surface area (Å²) in [5, 5.41) is 3.25. The second-order valence-corrected chi connectivity index (χ2v) is 4.21. The average molecular weight is 253 g/mol. The Morgan fingerprint density at radius 1 is 1.47 bits per heavy atom. The van der Waals surface area contributed by atoms with Crippen molar-refractivity contribution in [3.05, 3.63) is 23.9 Å². The van der Waals surface area contributed by atoms with E-state index < -0.39 is 0 Å². The van der Waals surface area contributed by atoms with Crippen molar-refractivity contribution < 1.29 is 4.74 Å². The Morgan fingerprint density at radius 3 is 3.00 bits per heavy atom. The van der Waals surface area contributed by atoms with Crippen LogP contribution in [0.4, 0.5) is 5.82 Å². The first-order valence-corrected chi connectivity index (χ1v) is 6.13. The van der Waals surface area contributed by atoms with Crippen molar-refractivity contribution in [2.45, 2.75) is 19.3 Å². The molecule has 0 saturated carbocycles. The van der Waals surface area contributed by atoms with Crippen LogP contribution in [0.3, 0.4) is 0 Å². The van der Waals surface area contributed by atoms with Gasteiger partial charge in [0.1, 0.15) is 10.8 Å². The summed E-state index contributed by atoms with van der Waals surface area (Å²) in [7, 11) is 1.73. The van der Waals surface area contributed by atoms with Gasteiger partial charge in [-0.2, -0.15) is 0 Å². The van der Waals surface area contributed by atoms with E-state index in [9.17, 15) is 0 Å². The molecule has 0 saturated heterocycles. The van der Waals surface area contributed by atoms with E-state index in [1.54, 1.807) is 13.3 Å². The predicted molar refractivity (Wildman–Crippen MR) is 74.3 cm³/mol. The number of methoxy groups -OCH3 is 1. The maximum atomic E-state index is 5.55. The first-order valence-electron chi connectivity index (χ1n) is 5.72. The van der Waals surface area contributed by atoms with Crippen molar-refractivity contribution in [3.8, 4) is 0 Å². The summed E-state index contributed by atoms with van der Waals surface area (Å²) < 4.78 is 4.99. The standard InChI is InChI=1S/C12H19N3OS/c1-16-8-4-2-3-6-14-11-9-10(12(13)17)5-7-15-11/h5,7,9H,2-4,6,8H2,1H3,(H2,13,17)(H,14,15). The van der Waals surface area contributed by atoms with Gasteiger partial charge in [-0.3, -0.25) is 0 Å². The molecule has 0 radical (unpaired) electrons. The number of unbranched alkanes of at least 4 members (excludes halogenated alkanes) is 2. The molecular weight excluding hydrogens is 234 g/mol. The fraction of sp³-hybridized carbons (Fsp3) is 0.500. The Kier molecular flexibility index (Phi) is 6.50. The van der Waals surface area contributed by atoms with E-state index in [2.05, 4.69) is 10.3 Å². The topological polar surface area (TPSA) is 60.2 Å². The monoisotopic (exact) mass is 253 g/mol. The quantitative estimate of drug-likeness (QED) is 0.548. The molecule has 17 heavy (non-hydrogen) atoms. The highest BCUT2D eigenvalue weighted by Gasteiger charge is 1.98. The molecule has 0 aliphatic heterocycles. The van der Waals surface area contributed by atoms with Crippen molar-refractivity contribution in [3.63, 3.8) is 0 Å². The van der Waals surface area contributed by atoms with Crippen molar-refractivity contribution in [2.75, 3.05) is 25.6 Å². The zero-order valence-electron chi connectivity index (χ0n) is 10.1. The van der Waals surface area contributed by atoms with Gasteiger partial charge in [0.2, 0.25) is 0 Å². The van der Waals surface area contributed by atoms with Gasteiger partial charge in [-0.1, -0.05) is 12.2 Å². The maximum absolute atomic E-state index is 5.55. The Morgan fingerprint density at radius 2 is 2.29 bits per heavy atom. The minimum Gasteiger partial charge on any atom is -0.389 e. The highest BCUT2D eigenvalue weighted by Crippen LogP contribution is 2.07. The lowest BCUT2D eigenvalue weighted by Gasteiger charge is -2.06. The minimum atomic E-state index is 0.399. The smallest absolute Gasteiger partial charge is 0.126 e. The van der Waals surface area contributed by atoms with Gasteiger partial charge in [0.05, 0.1) is 0 Å². The fourth-order valence-corrected chi connectivity index (χ4v) is 1.57. The number of rotatable bonds is 8. The normalized spacial score (nSPS) is 10.2. The van der Waals surface area contributed by atoms with Gasteiger partial charge < -0.3 is 15.8 Å². The molecular formula is C12H19N3OS. The predicted octanol–water partition coefficient (Wildman–Crippen LogP) is 1.94. The van der Waals surface area contributed by atoms with E-state index in [4.69, 9.17) is 22.7 Å². The van der Waals surface area contributed by atoms with Crippen LogP contribution in [-0.4, -0.2) is 30.2 Å². The summed E-state index contributed by atoms with van der Waals surface area (Å²) >= 11 is 4.91. The summed E-state index contributed by atoms with van der Waals surface area (Å²) in [6, 6.07) is 3.68. The second-order valence-electron chi connectivity index (χ2n) is 3.77. The molecule has 4 nitrogen and oxygen atoms in total. The number of thiocarbonyl (C=S) groups is 1. The molecule has 0 spiro atoms. The van der Waals surface area contributed by atoms with Crippen LogP contribution >= 0.6 is 12.2 Å². The molecule has 0 amide bonds. The molecule has 94 valence electrons. The average Bonchev–Trinajstić information content (AvgIpc) is 2.34. The second kappa shape index (κ2) is 7.97. The van der Waals surface area contributed by atoms with Crippen LogP contribution in [0.5, 0.6) is 0 Å². The van der Waals surface area contributed by atoms with Gasteiger partial charge in [0, 0.05) is 32.0 Å². The lowest BCUT2D eigenvalue weighted by atomic mass is 10.2. The third-order valence-corrected chi connectivity index (χ3v) is 2.61. The zero-order valence-corrected chi connectivity index (χ0v) is 10.9. The highest BCUT2D eigenvalue weighted by atomic mass is 32.1. The van der Waals surface area contributed by atoms with E-state index >= 15 is 0 Å². The van der Waals surface area contributed by atoms with Crippen molar-refractivity contribution in [1.82, 2.24) is 4.98 Å². The van der Waals surface area contributed by atoms with E-state index in [1.165, 1.54) is 0 Å². The number of hydrogen-bond acceptors (Lipinski definition) is 4. The summed E-state index contributed by atoms with van der Waals surface area (Å²) in [4.78, 5) is 4.60. The van der Waals surface area contributed by atoms with Crippen LogP contribution in [0.2, 0.25) is 0 Å². The van der Waals surface area contributed by atoms with Crippen LogP contribution in [0, 0.1) is 0 Å². The molecule has 0 unspecified atom stereocenters. The first-order chi connectivity index (χ1) is 8.24. The van der Waals surface area contributed by atoms with Gasteiger partial charge in [-0.15, -0.1) is 0 Å². The molecule has 3 N–H and O–H groups in total. The van der Waals surface area contributed by atoms with Crippen LogP contribution in [0.1, 0.15) is 24.8 Å². The lowest BCUT2D eigenvalue weighted by molar-refractivity contribution is 0.192. The fourth-order valence-electron chi connectivity index (χ4n) is 1.45. The number of hydrogen-bond donors (Lipinski definition) is 2. The minimum absolute atomic E-state index is 0.399. The summed E-state index contributed by atoms with van der Waals surface area (Å²) in [6.45, 7) is 1.73. The van der Waals surface area contributed by atoms with Gasteiger partial charge in [-0.25, -0.2) is 4.98 Å². The lowest BCUT2D eigenvalue weighted by Crippen LogP contribution is -2.11. The Balaban J connectivity index is 2.27. The van der Waals surface area contributed by atoms with E-state index in [0.29, 0.717) is 4.99 Å². The molecule has 0 bridgehead atoms. The number of nitrogens with one attached hydrogen (secondary N) is 1. The number of nitrogens with two attached hydrogens (primary N) is 1. The van der Waals surface area contributed by atoms with E-state index in [-0.39, 0.29) is 0 Å². The number of pyridine rings is 1. The van der Waals surface area contributed by atoms with Gasteiger partial charge in [-0.05, 0) is 31.4 Å². The largest absolute Gasteiger partial charge is 0.389 e. The third-order valence-electron chi connectivity index (χ3n) is 2.38. The molecule has 1 rings (SSSR count). The summed E-state index contributed by atoms with van der Waals surface area (Å²) in [5.74, 6) is 0.821. The molecule has 1 heterocycles. The molecule has 1 aromatic rings. The number of nitrogens with zero attached hydrogens (tertiary/aromatic N) is 1. The van der Waals surface area contributed by atoms with Gasteiger partial charge >= 0.3 is 0 Å². The van der Waals surface area contributed by atoms with Crippen LogP contribution in [-0.2, 0) is 4.74 Å². The molecule has 5 heteroatoms. The van der Waals surface area contributed by atoms with Crippen molar-refractivity contribution in [2.24, 2.45) is 5.73 Å². The maximum Gasteiger partial charge on any atom is 0.126 e. The van der Waals surface area contributed by atoms with Crippen LogP contribution in [0.15, 0.2) is 18.3 Å². The van der Waals surface area contributed by atoms with Crippen molar-refractivity contribution >= 4 is 23.0 Å². The number of aromatic nitrogens is 1. The molecule has 0 aromatic carbocycles. The van der Waals surface area contributed by atoms with Gasteiger partial charge in [0.25, 0.3) is 0 Å². The van der Waals surface area contributed by atoms with Crippen LogP contribution in [0.25, 0.3) is 0 Å². The van der Waals surface area contributed by atoms with E-state index in [1.807, 2.05) is 12.1 Å². The molecule has 0 aliphatic rings. The Hall–Kier alpha value is -1.20. The zero-order chi connectivity index (χ0) is 12.5. The molecule has 0 fully saturated rings. The summed E-state index contributed by atoms with van der Waals surface area (Å²) in [6.07, 6.45) is 5.05. The number of ether oxygens (including phenoxy) is 1. The first kappa shape index (κ1) is 13.9. The molecule has 1 aromatic heterocycles. The number of anilines is 1. The van der Waals surface area contributed by atoms with E-state index in [0.717, 1.165) is 43.8 Å². The SMILES string of the molecule is COCCCCCNc1cc(C(N)=S)ccn1. The third kappa shape index (κ3) is 5.60. The van der Waals surface area contributed by atoms with Crippen LogP contribution < -0.4 is 11.1 Å². The van der Waals surface area contributed by atoms with Gasteiger partial charge in [0.15, 0.2) is 0 Å². The molecule has 0 aliphatic carbocycles. The Bertz CT molecular complexity index is 357. The van der Waals surface area contributed by atoms with Crippen molar-refractivity contribution in [1.29, 1.82) is 0 Å². The molecule has 0 atom stereocenters. The highest BCUT2D eigenvalue weighted by molar-refractivity contribution is 7.80. The summed E-state index contributed by atoms with van der Waals surface area (Å²) in [5.41, 5.74) is 6.40. The Labute approximate surface area is 108 Å².